The van der Waals surface area contributed by atoms with Crippen LogP contribution in [0.5, 0.6) is 5.75 Å². The number of imidazole rings is 1. The highest BCUT2D eigenvalue weighted by Crippen LogP contribution is 2.20. The number of hydrogen-bond acceptors (Lipinski definition) is 3. The summed E-state index contributed by atoms with van der Waals surface area (Å²) in [6.07, 6.45) is 0.912. The topological polar surface area (TPSA) is 53.1 Å². The van der Waals surface area contributed by atoms with Gasteiger partial charge in [0.15, 0.2) is 0 Å². The molecule has 114 valence electrons. The molecule has 0 radical (unpaired) electrons. The van der Waals surface area contributed by atoms with Gasteiger partial charge in [-0.05, 0) is 37.6 Å². The first-order valence-electron chi connectivity index (χ1n) is 7.64. The van der Waals surface area contributed by atoms with Crippen molar-refractivity contribution in [2.75, 3.05) is 6.61 Å². The maximum absolute atomic E-state index is 6.06. The summed E-state index contributed by atoms with van der Waals surface area (Å²) < 4.78 is 7.95. The number of fused-ring (bicyclic) bond motifs is 1. The summed E-state index contributed by atoms with van der Waals surface area (Å²) in [5.41, 5.74) is 8.19. The summed E-state index contributed by atoms with van der Waals surface area (Å²) in [5, 5.41) is 0. The molecule has 1 heterocycles. The number of hydrogen-bond donors (Lipinski definition) is 1. The van der Waals surface area contributed by atoms with Crippen molar-refractivity contribution in [2.24, 2.45) is 5.73 Å². The third kappa shape index (κ3) is 3.12. The Kier molecular flexibility index (Phi) is 4.39. The second-order valence-electron chi connectivity index (χ2n) is 5.41. The standard InChI is InChI=1S/C18H21N3O/c1-14(19)18-20-16-10-5-6-11-17(16)21(18)12-7-13-22-15-8-3-2-4-9-15/h2-6,8-11,14H,7,12-13,19H2,1H3. The lowest BCUT2D eigenvalue weighted by molar-refractivity contribution is 0.301. The molecule has 0 aliphatic carbocycles. The quantitative estimate of drug-likeness (QED) is 0.708. The molecule has 0 saturated heterocycles. The minimum atomic E-state index is -0.0811. The molecule has 0 aliphatic rings. The van der Waals surface area contributed by atoms with Crippen LogP contribution in [0.3, 0.4) is 0 Å². The zero-order valence-electron chi connectivity index (χ0n) is 12.8. The van der Waals surface area contributed by atoms with Crippen LogP contribution in [0.1, 0.15) is 25.2 Å². The largest absolute Gasteiger partial charge is 0.494 e. The molecule has 4 nitrogen and oxygen atoms in total. The zero-order chi connectivity index (χ0) is 15.4. The molecular weight excluding hydrogens is 274 g/mol. The van der Waals surface area contributed by atoms with Crippen LogP contribution in [-0.2, 0) is 6.54 Å². The minimum Gasteiger partial charge on any atom is -0.494 e. The number of benzene rings is 2. The third-order valence-corrected chi connectivity index (χ3v) is 3.63. The van der Waals surface area contributed by atoms with Crippen molar-refractivity contribution >= 4 is 11.0 Å². The van der Waals surface area contributed by atoms with E-state index in [1.807, 2.05) is 55.5 Å². The van der Waals surface area contributed by atoms with Gasteiger partial charge in [-0.15, -0.1) is 0 Å². The number of aryl methyl sites for hydroxylation is 1. The Morgan fingerprint density at radius 1 is 1.09 bits per heavy atom. The van der Waals surface area contributed by atoms with Gasteiger partial charge in [0.2, 0.25) is 0 Å². The van der Waals surface area contributed by atoms with Crippen molar-refractivity contribution in [3.05, 3.63) is 60.4 Å². The number of nitrogens with two attached hydrogens (primary N) is 1. The van der Waals surface area contributed by atoms with E-state index in [1.54, 1.807) is 0 Å². The summed E-state index contributed by atoms with van der Waals surface area (Å²) >= 11 is 0. The van der Waals surface area contributed by atoms with Crippen molar-refractivity contribution in [1.29, 1.82) is 0 Å². The highest BCUT2D eigenvalue weighted by Gasteiger charge is 2.13. The van der Waals surface area contributed by atoms with E-state index >= 15 is 0 Å². The normalized spacial score (nSPS) is 12.5. The van der Waals surface area contributed by atoms with E-state index in [2.05, 4.69) is 15.6 Å². The van der Waals surface area contributed by atoms with Gasteiger partial charge in [-0.3, -0.25) is 0 Å². The van der Waals surface area contributed by atoms with E-state index in [1.165, 1.54) is 0 Å². The molecule has 22 heavy (non-hydrogen) atoms. The summed E-state index contributed by atoms with van der Waals surface area (Å²) in [5.74, 6) is 1.84. The minimum absolute atomic E-state index is 0.0811. The summed E-state index contributed by atoms with van der Waals surface area (Å²) in [6.45, 7) is 3.50. The first-order valence-corrected chi connectivity index (χ1v) is 7.64. The van der Waals surface area contributed by atoms with Crippen LogP contribution in [0.2, 0.25) is 0 Å². The predicted molar refractivity (Wildman–Crippen MR) is 88.9 cm³/mol. The fraction of sp³-hybridized carbons (Fsp3) is 0.278. The first-order chi connectivity index (χ1) is 10.8. The van der Waals surface area contributed by atoms with Crippen molar-refractivity contribution in [3.8, 4) is 5.75 Å². The van der Waals surface area contributed by atoms with Gasteiger partial charge in [0, 0.05) is 6.54 Å². The van der Waals surface area contributed by atoms with Gasteiger partial charge in [-0.2, -0.15) is 0 Å². The Balaban J connectivity index is 1.69. The Bertz CT molecular complexity index is 734. The maximum Gasteiger partial charge on any atom is 0.126 e. The van der Waals surface area contributed by atoms with E-state index in [9.17, 15) is 0 Å². The lowest BCUT2D eigenvalue weighted by atomic mass is 10.3. The highest BCUT2D eigenvalue weighted by molar-refractivity contribution is 5.76. The average Bonchev–Trinajstić information content (AvgIpc) is 2.92. The van der Waals surface area contributed by atoms with E-state index in [4.69, 9.17) is 10.5 Å². The molecule has 0 spiro atoms. The van der Waals surface area contributed by atoms with E-state index < -0.39 is 0 Å². The van der Waals surface area contributed by atoms with E-state index in [0.29, 0.717) is 6.61 Å². The monoisotopic (exact) mass is 295 g/mol. The first kappa shape index (κ1) is 14.6. The molecule has 4 heteroatoms. The zero-order valence-corrected chi connectivity index (χ0v) is 12.8. The maximum atomic E-state index is 6.06. The van der Waals surface area contributed by atoms with Crippen LogP contribution in [0.25, 0.3) is 11.0 Å². The van der Waals surface area contributed by atoms with Gasteiger partial charge in [0.25, 0.3) is 0 Å². The molecule has 1 unspecified atom stereocenters. The van der Waals surface area contributed by atoms with Crippen molar-refractivity contribution < 1.29 is 4.74 Å². The molecule has 2 N–H and O–H groups in total. The number of ether oxygens (including phenoxy) is 1. The van der Waals surface area contributed by atoms with E-state index in [0.717, 1.165) is 35.6 Å². The van der Waals surface area contributed by atoms with Crippen molar-refractivity contribution in [1.82, 2.24) is 9.55 Å². The van der Waals surface area contributed by atoms with Crippen molar-refractivity contribution in [3.63, 3.8) is 0 Å². The highest BCUT2D eigenvalue weighted by atomic mass is 16.5. The van der Waals surface area contributed by atoms with Crippen LogP contribution in [0, 0.1) is 0 Å². The molecule has 0 bridgehead atoms. The predicted octanol–water partition coefficient (Wildman–Crippen LogP) is 3.53. The molecule has 0 aliphatic heterocycles. The number of aromatic nitrogens is 2. The second kappa shape index (κ2) is 6.62. The molecule has 1 aromatic heterocycles. The van der Waals surface area contributed by atoms with Gasteiger partial charge in [-0.1, -0.05) is 30.3 Å². The smallest absolute Gasteiger partial charge is 0.126 e. The molecule has 2 aromatic carbocycles. The number of nitrogens with zero attached hydrogens (tertiary/aromatic N) is 2. The number of rotatable bonds is 6. The van der Waals surface area contributed by atoms with Gasteiger partial charge in [-0.25, -0.2) is 4.98 Å². The number of para-hydroxylation sites is 3. The average molecular weight is 295 g/mol. The van der Waals surface area contributed by atoms with Crippen LogP contribution < -0.4 is 10.5 Å². The summed E-state index contributed by atoms with van der Waals surface area (Å²) in [6, 6.07) is 18.0. The van der Waals surface area contributed by atoms with Crippen molar-refractivity contribution in [2.45, 2.75) is 25.9 Å². The molecule has 1 atom stereocenters. The van der Waals surface area contributed by atoms with Gasteiger partial charge in [0.05, 0.1) is 23.7 Å². The lowest BCUT2D eigenvalue weighted by Gasteiger charge is -2.12. The molecule has 0 amide bonds. The van der Waals surface area contributed by atoms with E-state index in [-0.39, 0.29) is 6.04 Å². The third-order valence-electron chi connectivity index (χ3n) is 3.63. The van der Waals surface area contributed by atoms with Gasteiger partial charge < -0.3 is 15.0 Å². The lowest BCUT2D eigenvalue weighted by Crippen LogP contribution is -2.14. The Hall–Kier alpha value is -2.33. The SMILES string of the molecule is CC(N)c1nc2ccccc2n1CCCOc1ccccc1. The molecular formula is C18H21N3O. The van der Waals surface area contributed by atoms with Gasteiger partial charge in [0.1, 0.15) is 11.6 Å². The van der Waals surface area contributed by atoms with Crippen LogP contribution in [0.4, 0.5) is 0 Å². The van der Waals surface area contributed by atoms with Gasteiger partial charge >= 0.3 is 0 Å². The molecule has 3 rings (SSSR count). The fourth-order valence-electron chi connectivity index (χ4n) is 2.61. The van der Waals surface area contributed by atoms with Crippen LogP contribution >= 0.6 is 0 Å². The second-order valence-corrected chi connectivity index (χ2v) is 5.41. The molecule has 0 fully saturated rings. The summed E-state index contributed by atoms with van der Waals surface area (Å²) in [7, 11) is 0. The Labute approximate surface area is 130 Å². The Morgan fingerprint density at radius 2 is 1.82 bits per heavy atom. The molecule has 0 saturated carbocycles. The summed E-state index contributed by atoms with van der Waals surface area (Å²) in [4.78, 5) is 4.65. The van der Waals surface area contributed by atoms with Crippen LogP contribution in [0.15, 0.2) is 54.6 Å². The fourth-order valence-corrected chi connectivity index (χ4v) is 2.61. The van der Waals surface area contributed by atoms with Crippen LogP contribution in [-0.4, -0.2) is 16.2 Å². The Morgan fingerprint density at radius 3 is 2.59 bits per heavy atom. The molecule has 3 aromatic rings.